The Bertz CT molecular complexity index is 948. The molecule has 1 N–H and O–H groups in total. The summed E-state index contributed by atoms with van der Waals surface area (Å²) in [4.78, 5) is 28.2. The summed E-state index contributed by atoms with van der Waals surface area (Å²) in [6.07, 6.45) is 3.72. The normalized spacial score (nSPS) is 10.7. The maximum atomic E-state index is 12.7. The Balaban J connectivity index is 2.01. The van der Waals surface area contributed by atoms with Gasteiger partial charge in [-0.05, 0) is 18.1 Å². The van der Waals surface area contributed by atoms with Crippen molar-refractivity contribution in [1.29, 1.82) is 0 Å². The third-order valence-electron chi connectivity index (χ3n) is 3.85. The predicted molar refractivity (Wildman–Crippen MR) is 89.2 cm³/mol. The summed E-state index contributed by atoms with van der Waals surface area (Å²) in [7, 11) is 1.19. The summed E-state index contributed by atoms with van der Waals surface area (Å²) in [6.45, 7) is 0.466. The molecule has 122 valence electrons. The molecule has 0 aliphatic rings. The average Bonchev–Trinajstić information content (AvgIpc) is 2.61. The van der Waals surface area contributed by atoms with E-state index in [2.05, 4.69) is 9.72 Å². The minimum atomic E-state index is -0.784. The van der Waals surface area contributed by atoms with Crippen molar-refractivity contribution >= 4 is 16.7 Å². The Labute approximate surface area is 138 Å². The molecule has 0 atom stereocenters. The van der Waals surface area contributed by atoms with Crippen molar-refractivity contribution in [1.82, 2.24) is 9.55 Å². The van der Waals surface area contributed by atoms with E-state index in [9.17, 15) is 14.7 Å². The third kappa shape index (κ3) is 2.86. The Kier molecular flexibility index (Phi) is 4.29. The first-order valence-corrected chi connectivity index (χ1v) is 7.45. The Hall–Kier alpha value is -3.15. The molecule has 2 heterocycles. The molecule has 0 aliphatic carbocycles. The zero-order valence-corrected chi connectivity index (χ0v) is 13.1. The monoisotopic (exact) mass is 324 g/mol. The molecule has 3 rings (SSSR count). The highest BCUT2D eigenvalue weighted by atomic mass is 16.5. The summed E-state index contributed by atoms with van der Waals surface area (Å²) >= 11 is 0. The van der Waals surface area contributed by atoms with Crippen molar-refractivity contribution in [2.24, 2.45) is 0 Å². The van der Waals surface area contributed by atoms with E-state index >= 15 is 0 Å². The molecule has 0 saturated heterocycles. The molecule has 0 saturated carbocycles. The number of fused-ring (bicyclic) bond motifs is 1. The lowest BCUT2D eigenvalue weighted by Gasteiger charge is -2.09. The van der Waals surface area contributed by atoms with Crippen LogP contribution in [0.25, 0.3) is 10.8 Å². The number of carbonyl (C=O) groups excluding carboxylic acids is 1. The van der Waals surface area contributed by atoms with E-state index in [4.69, 9.17) is 0 Å². The molecular weight excluding hydrogens is 308 g/mol. The molecule has 2 aromatic heterocycles. The first kappa shape index (κ1) is 15.7. The van der Waals surface area contributed by atoms with Crippen LogP contribution in [0.2, 0.25) is 0 Å². The van der Waals surface area contributed by atoms with Crippen LogP contribution in [-0.4, -0.2) is 27.7 Å². The lowest BCUT2D eigenvalue weighted by atomic mass is 10.1. The van der Waals surface area contributed by atoms with Crippen molar-refractivity contribution in [2.45, 2.75) is 13.0 Å². The van der Waals surface area contributed by atoms with Gasteiger partial charge in [-0.15, -0.1) is 0 Å². The average molecular weight is 324 g/mol. The molecule has 0 radical (unpaired) electrons. The van der Waals surface area contributed by atoms with Crippen LogP contribution in [0.1, 0.15) is 16.1 Å². The Morgan fingerprint density at radius 2 is 2.00 bits per heavy atom. The van der Waals surface area contributed by atoms with Crippen molar-refractivity contribution in [3.8, 4) is 5.75 Å². The van der Waals surface area contributed by atoms with Gasteiger partial charge in [-0.3, -0.25) is 4.79 Å². The lowest BCUT2D eigenvalue weighted by Crippen LogP contribution is -2.21. The Morgan fingerprint density at radius 3 is 2.71 bits per heavy atom. The van der Waals surface area contributed by atoms with Gasteiger partial charge in [-0.1, -0.05) is 30.3 Å². The van der Waals surface area contributed by atoms with Crippen molar-refractivity contribution in [3.63, 3.8) is 0 Å². The van der Waals surface area contributed by atoms with Crippen LogP contribution in [0.4, 0.5) is 0 Å². The van der Waals surface area contributed by atoms with Crippen LogP contribution in [0.3, 0.4) is 0 Å². The second-order valence-corrected chi connectivity index (χ2v) is 5.33. The van der Waals surface area contributed by atoms with Gasteiger partial charge in [0.25, 0.3) is 5.56 Å². The van der Waals surface area contributed by atoms with Gasteiger partial charge in [0.05, 0.1) is 12.5 Å². The molecule has 6 nitrogen and oxygen atoms in total. The number of rotatable bonds is 4. The van der Waals surface area contributed by atoms with Gasteiger partial charge in [-0.2, -0.15) is 0 Å². The van der Waals surface area contributed by atoms with E-state index in [0.717, 1.165) is 5.56 Å². The molecule has 1 aromatic carbocycles. The smallest absolute Gasteiger partial charge is 0.360 e. The first-order chi connectivity index (χ1) is 11.6. The number of nitrogens with zero attached hydrogens (tertiary/aromatic N) is 2. The number of hydrogen-bond acceptors (Lipinski definition) is 5. The van der Waals surface area contributed by atoms with Gasteiger partial charge in [-0.25, -0.2) is 9.78 Å². The van der Waals surface area contributed by atoms with Gasteiger partial charge in [0.1, 0.15) is 0 Å². The molecule has 3 aromatic rings. The number of aryl methyl sites for hydroxylation is 2. The van der Waals surface area contributed by atoms with Gasteiger partial charge in [0.2, 0.25) is 0 Å². The number of methoxy groups -OCH3 is 1. The highest BCUT2D eigenvalue weighted by Gasteiger charge is 2.18. The van der Waals surface area contributed by atoms with Gasteiger partial charge < -0.3 is 14.4 Å². The molecule has 0 spiro atoms. The largest absolute Gasteiger partial charge is 0.505 e. The predicted octanol–water partition coefficient (Wildman–Crippen LogP) is 2.13. The van der Waals surface area contributed by atoms with E-state index in [1.54, 1.807) is 12.3 Å². The molecule has 0 fully saturated rings. The van der Waals surface area contributed by atoms with E-state index in [1.165, 1.54) is 17.9 Å². The molecule has 0 bridgehead atoms. The molecule has 0 unspecified atom stereocenters. The minimum absolute atomic E-state index is 0.0703. The van der Waals surface area contributed by atoms with E-state index in [0.29, 0.717) is 18.4 Å². The van der Waals surface area contributed by atoms with Crippen LogP contribution < -0.4 is 5.56 Å². The number of hydrogen-bond donors (Lipinski definition) is 1. The number of pyridine rings is 2. The molecule has 0 aliphatic heterocycles. The van der Waals surface area contributed by atoms with Gasteiger partial charge >= 0.3 is 5.97 Å². The van der Waals surface area contributed by atoms with Gasteiger partial charge in [0, 0.05) is 24.3 Å². The van der Waals surface area contributed by atoms with E-state index in [-0.39, 0.29) is 16.6 Å². The number of benzene rings is 1. The van der Waals surface area contributed by atoms with Gasteiger partial charge in [0.15, 0.2) is 11.4 Å². The van der Waals surface area contributed by atoms with Crippen molar-refractivity contribution < 1.29 is 14.6 Å². The van der Waals surface area contributed by atoms with E-state index in [1.807, 2.05) is 30.3 Å². The number of ether oxygens (including phenoxy) is 1. The SMILES string of the molecule is COC(=O)c1ncc2ccn(CCc3ccccc3)c(=O)c2c1O. The molecule has 6 heteroatoms. The molecular formula is C18H16N2O4. The fourth-order valence-electron chi connectivity index (χ4n) is 2.56. The summed E-state index contributed by atoms with van der Waals surface area (Å²) < 4.78 is 6.08. The summed E-state index contributed by atoms with van der Waals surface area (Å²) in [6, 6.07) is 11.5. The number of carbonyl (C=O) groups is 1. The van der Waals surface area contributed by atoms with E-state index < -0.39 is 11.7 Å². The topological polar surface area (TPSA) is 81.4 Å². The van der Waals surface area contributed by atoms with Crippen LogP contribution in [0.5, 0.6) is 5.75 Å². The second-order valence-electron chi connectivity index (χ2n) is 5.33. The summed E-state index contributed by atoms with van der Waals surface area (Å²) in [5, 5.41) is 10.8. The van der Waals surface area contributed by atoms with Crippen LogP contribution in [-0.2, 0) is 17.7 Å². The second kappa shape index (κ2) is 6.54. The fraction of sp³-hybridized carbons (Fsp3) is 0.167. The summed E-state index contributed by atoms with van der Waals surface area (Å²) in [5.74, 6) is -1.23. The highest BCUT2D eigenvalue weighted by molar-refractivity contribution is 5.98. The summed E-state index contributed by atoms with van der Waals surface area (Å²) in [5.41, 5.74) is 0.482. The molecule has 24 heavy (non-hydrogen) atoms. The van der Waals surface area contributed by atoms with Crippen LogP contribution in [0, 0.1) is 0 Å². The van der Waals surface area contributed by atoms with Crippen LogP contribution >= 0.6 is 0 Å². The standard InChI is InChI=1S/C18H16N2O4/c1-24-18(23)15-16(21)14-13(11-19-15)8-10-20(17(14)22)9-7-12-5-3-2-4-6-12/h2-6,8,10-11,21H,7,9H2,1H3. The fourth-order valence-corrected chi connectivity index (χ4v) is 2.56. The third-order valence-corrected chi connectivity index (χ3v) is 3.85. The number of aromatic hydroxyl groups is 1. The first-order valence-electron chi connectivity index (χ1n) is 7.45. The molecule has 0 amide bonds. The zero-order valence-electron chi connectivity index (χ0n) is 13.1. The lowest BCUT2D eigenvalue weighted by molar-refractivity contribution is 0.0591. The number of aromatic nitrogens is 2. The van der Waals surface area contributed by atoms with Crippen LogP contribution in [0.15, 0.2) is 53.6 Å². The minimum Gasteiger partial charge on any atom is -0.505 e. The van der Waals surface area contributed by atoms with Crippen molar-refractivity contribution in [3.05, 3.63) is 70.4 Å². The number of esters is 1. The zero-order chi connectivity index (χ0) is 17.1. The maximum Gasteiger partial charge on any atom is 0.360 e. The highest BCUT2D eigenvalue weighted by Crippen LogP contribution is 2.24. The quantitative estimate of drug-likeness (QED) is 0.744. The van der Waals surface area contributed by atoms with Crippen molar-refractivity contribution in [2.75, 3.05) is 7.11 Å². The maximum absolute atomic E-state index is 12.7. The Morgan fingerprint density at radius 1 is 1.25 bits per heavy atom.